The number of likely N-dealkylation sites (N-methyl/N-ethyl adjacent to an activating group) is 1. The minimum atomic E-state index is -0.651. The van der Waals surface area contributed by atoms with Gasteiger partial charge in [0.2, 0.25) is 0 Å². The number of ether oxygens (including phenoxy) is 4. The van der Waals surface area contributed by atoms with E-state index in [4.69, 9.17) is 18.9 Å². The molecule has 0 spiro atoms. The molecule has 1 saturated heterocycles. The summed E-state index contributed by atoms with van der Waals surface area (Å²) in [4.78, 5) is 26.9. The summed E-state index contributed by atoms with van der Waals surface area (Å²) in [5.74, 6) is 5.51. The van der Waals surface area contributed by atoms with Crippen molar-refractivity contribution in [3.63, 3.8) is 0 Å². The number of nitrogens with one attached hydrogen (secondary N) is 1. The van der Waals surface area contributed by atoms with Crippen LogP contribution in [0.5, 0.6) is 0 Å². The van der Waals surface area contributed by atoms with Crippen LogP contribution in [0, 0.1) is 53.3 Å². The van der Waals surface area contributed by atoms with E-state index in [2.05, 4.69) is 24.1 Å². The normalized spacial score (nSPS) is 38.2. The molecule has 3 N–H and O–H groups in total. The van der Waals surface area contributed by atoms with Crippen LogP contribution >= 0.6 is 0 Å². The highest BCUT2D eigenvalue weighted by molar-refractivity contribution is 5.91. The zero-order chi connectivity index (χ0) is 35.3. The van der Waals surface area contributed by atoms with Gasteiger partial charge >= 0.3 is 5.97 Å². The Balaban J connectivity index is 2.65. The van der Waals surface area contributed by atoms with Gasteiger partial charge in [-0.1, -0.05) is 64.2 Å². The Morgan fingerprint density at radius 1 is 1.02 bits per heavy atom. The van der Waals surface area contributed by atoms with Crippen molar-refractivity contribution in [1.29, 1.82) is 0 Å². The van der Waals surface area contributed by atoms with E-state index in [0.717, 1.165) is 5.57 Å². The first-order valence-electron chi connectivity index (χ1n) is 17.8. The zero-order valence-electron chi connectivity index (χ0n) is 30.5. The van der Waals surface area contributed by atoms with Gasteiger partial charge in [0.1, 0.15) is 12.2 Å². The van der Waals surface area contributed by atoms with Gasteiger partial charge in [-0.2, -0.15) is 0 Å². The summed E-state index contributed by atoms with van der Waals surface area (Å²) >= 11 is 0. The number of rotatable bonds is 9. The highest BCUT2D eigenvalue weighted by Gasteiger charge is 2.40. The molecule has 0 bridgehead atoms. The van der Waals surface area contributed by atoms with Crippen LogP contribution in [0.15, 0.2) is 23.8 Å². The predicted molar refractivity (Wildman–Crippen MR) is 184 cm³/mol. The third kappa shape index (κ3) is 12.1. The Morgan fingerprint density at radius 2 is 1.68 bits per heavy atom. The molecule has 268 valence electrons. The van der Waals surface area contributed by atoms with Crippen molar-refractivity contribution in [3.8, 4) is 11.8 Å². The summed E-state index contributed by atoms with van der Waals surface area (Å²) in [7, 11) is 1.84. The molecule has 0 aromatic rings. The van der Waals surface area contributed by atoms with Crippen molar-refractivity contribution in [1.82, 2.24) is 5.32 Å². The molecule has 0 saturated carbocycles. The van der Waals surface area contributed by atoms with Crippen molar-refractivity contribution in [2.45, 2.75) is 125 Å². The molecule has 9 nitrogen and oxygen atoms in total. The fourth-order valence-electron chi connectivity index (χ4n) is 6.99. The van der Waals surface area contributed by atoms with Crippen LogP contribution in [-0.2, 0) is 28.5 Å². The van der Waals surface area contributed by atoms with E-state index in [-0.39, 0.29) is 72.2 Å². The van der Waals surface area contributed by atoms with Gasteiger partial charge in [-0.25, -0.2) is 0 Å². The third-order valence-electron chi connectivity index (χ3n) is 10.1. The van der Waals surface area contributed by atoms with E-state index in [1.54, 1.807) is 12.2 Å². The molecule has 2 aliphatic rings. The van der Waals surface area contributed by atoms with E-state index >= 15 is 0 Å². The quantitative estimate of drug-likeness (QED) is 0.176. The average molecular weight is 662 g/mol. The maximum absolute atomic E-state index is 13.5. The number of aliphatic hydroxyl groups excluding tert-OH is 2. The molecule has 12 atom stereocenters. The van der Waals surface area contributed by atoms with Gasteiger partial charge in [-0.3, -0.25) is 9.59 Å². The molecule has 2 rings (SSSR count). The van der Waals surface area contributed by atoms with Crippen LogP contribution in [0.2, 0.25) is 0 Å². The number of hydrogen-bond donors (Lipinski definition) is 3. The lowest BCUT2D eigenvalue weighted by Crippen LogP contribution is -2.57. The predicted octanol–water partition coefficient (Wildman–Crippen LogP) is 5.09. The van der Waals surface area contributed by atoms with Gasteiger partial charge in [0.05, 0.1) is 18.8 Å². The van der Waals surface area contributed by atoms with Crippen LogP contribution in [-0.4, -0.2) is 85.6 Å². The summed E-state index contributed by atoms with van der Waals surface area (Å²) in [6, 6.07) is -0.173. The number of aliphatic hydroxyl groups is 2. The van der Waals surface area contributed by atoms with Crippen LogP contribution in [0.3, 0.4) is 0 Å². The summed E-state index contributed by atoms with van der Waals surface area (Å²) in [6.07, 6.45) is 4.70. The minimum absolute atomic E-state index is 0.00885. The summed E-state index contributed by atoms with van der Waals surface area (Å²) in [5.41, 5.74) is 0.821. The van der Waals surface area contributed by atoms with E-state index in [0.29, 0.717) is 32.5 Å². The maximum atomic E-state index is 13.5. The summed E-state index contributed by atoms with van der Waals surface area (Å²) < 4.78 is 24.2. The molecule has 0 unspecified atom stereocenters. The van der Waals surface area contributed by atoms with Crippen molar-refractivity contribution in [3.05, 3.63) is 23.8 Å². The number of hydrogen-bond acceptors (Lipinski definition) is 9. The van der Waals surface area contributed by atoms with Crippen LogP contribution in [0.4, 0.5) is 0 Å². The Hall–Kier alpha value is -2.06. The van der Waals surface area contributed by atoms with Gasteiger partial charge in [0.15, 0.2) is 12.1 Å². The van der Waals surface area contributed by atoms with Crippen molar-refractivity contribution in [2.75, 3.05) is 26.9 Å². The van der Waals surface area contributed by atoms with E-state index in [1.807, 2.05) is 68.5 Å². The van der Waals surface area contributed by atoms with Crippen molar-refractivity contribution < 1.29 is 38.7 Å². The fraction of sp³-hybridized carbons (Fsp3) is 0.789. The van der Waals surface area contributed by atoms with Crippen molar-refractivity contribution in [2.24, 2.45) is 41.4 Å². The maximum Gasteiger partial charge on any atom is 0.306 e. The molecule has 0 aromatic carbocycles. The first kappa shape index (κ1) is 41.1. The zero-order valence-corrected chi connectivity index (χ0v) is 30.5. The van der Waals surface area contributed by atoms with Crippen LogP contribution in [0.25, 0.3) is 0 Å². The topological polar surface area (TPSA) is 124 Å². The van der Waals surface area contributed by atoms with E-state index in [9.17, 15) is 19.8 Å². The Labute approximate surface area is 284 Å². The Bertz CT molecular complexity index is 1090. The molecule has 0 aromatic heterocycles. The molecule has 0 amide bonds. The van der Waals surface area contributed by atoms with Crippen molar-refractivity contribution >= 4 is 11.8 Å². The molecular formula is C38H63NO8. The Kier molecular flexibility index (Phi) is 17.9. The fourth-order valence-corrected chi connectivity index (χ4v) is 6.99. The second kappa shape index (κ2) is 20.5. The average Bonchev–Trinajstić information content (AvgIpc) is 3.03. The smallest absolute Gasteiger partial charge is 0.306 e. The first-order chi connectivity index (χ1) is 22.3. The molecule has 0 aliphatic carbocycles. The number of ketones is 1. The second-order valence-corrected chi connectivity index (χ2v) is 13.7. The third-order valence-corrected chi connectivity index (χ3v) is 10.1. The largest absolute Gasteiger partial charge is 0.462 e. The standard InChI is InChI=1S/C38H63NO8/c1-11-33-30(22-40)18-23(4)14-16-32(41)25(6)19-29(21-36(44-12-2)45-13-3)31(26(7)24(5)20-35(42)47-33)15-17-34-27(8)37(39-10)38(43)28(9)46-34/h14,16,18,24-31,33-34,36-40,43H,11-13,19-22H2,1-10H3/b16-14+,23-18+/t24-,25-,26+,27+,28-,29-,30-,31-,33-,34+,37-,38-/m1/s1. The van der Waals surface area contributed by atoms with Crippen LogP contribution < -0.4 is 5.32 Å². The van der Waals surface area contributed by atoms with Gasteiger partial charge < -0.3 is 34.5 Å². The SMILES string of the molecule is CCOC(C[C@H]1C[C@@H](C)C(=O)/C=C/C(C)=C/[C@H](CO)[C@@H](CC)OC(=O)C[C@@H](C)[C@H](C)[C@H]1C#C[C@@H]1O[C@H](C)[C@@H](O)[C@H](NC)[C@H]1C)OCC. The minimum Gasteiger partial charge on any atom is -0.462 e. The van der Waals surface area contributed by atoms with Gasteiger partial charge in [0, 0.05) is 55.8 Å². The lowest BCUT2D eigenvalue weighted by atomic mass is 9.71. The molecule has 2 aliphatic heterocycles. The highest BCUT2D eigenvalue weighted by Crippen LogP contribution is 2.37. The number of carbonyl (C=O) groups is 2. The van der Waals surface area contributed by atoms with Gasteiger partial charge in [0.25, 0.3) is 0 Å². The number of esters is 1. The molecule has 9 heteroatoms. The highest BCUT2D eigenvalue weighted by atomic mass is 16.7. The van der Waals surface area contributed by atoms with E-state index < -0.39 is 30.7 Å². The molecule has 47 heavy (non-hydrogen) atoms. The van der Waals surface area contributed by atoms with E-state index in [1.165, 1.54) is 0 Å². The number of allylic oxidation sites excluding steroid dienone is 3. The molecule has 2 heterocycles. The Morgan fingerprint density at radius 3 is 2.26 bits per heavy atom. The number of carbonyl (C=O) groups excluding carboxylic acids is 2. The van der Waals surface area contributed by atoms with Gasteiger partial charge in [-0.15, -0.1) is 0 Å². The second-order valence-electron chi connectivity index (χ2n) is 13.7. The lowest BCUT2D eigenvalue weighted by Gasteiger charge is -2.41. The molecule has 0 radical (unpaired) electrons. The van der Waals surface area contributed by atoms with Gasteiger partial charge in [-0.05, 0) is 71.4 Å². The first-order valence-corrected chi connectivity index (χ1v) is 17.8. The van der Waals surface area contributed by atoms with Crippen LogP contribution in [0.1, 0.15) is 88.0 Å². The lowest BCUT2D eigenvalue weighted by molar-refractivity contribution is -0.154. The molecule has 1 fully saturated rings. The summed E-state index contributed by atoms with van der Waals surface area (Å²) in [6.45, 7) is 18.5. The molecular weight excluding hydrogens is 598 g/mol. The monoisotopic (exact) mass is 661 g/mol. The summed E-state index contributed by atoms with van der Waals surface area (Å²) in [5, 5.41) is 24.1. The number of cyclic esters (lactones) is 1.